The van der Waals surface area contributed by atoms with Crippen molar-refractivity contribution in [2.45, 2.75) is 24.3 Å². The first-order valence-corrected chi connectivity index (χ1v) is 11.4. The van der Waals surface area contributed by atoms with Crippen LogP contribution in [-0.4, -0.2) is 47.2 Å². The van der Waals surface area contributed by atoms with Crippen LogP contribution in [0, 0.1) is 5.92 Å². The molecule has 1 amide bonds. The molecular weight excluding hydrogens is 418 g/mol. The summed E-state index contributed by atoms with van der Waals surface area (Å²) in [6.07, 6.45) is 6.67. The number of anilines is 1. The normalized spacial score (nSPS) is 16.8. The summed E-state index contributed by atoms with van der Waals surface area (Å²) in [4.78, 5) is 23.5. The Bertz CT molecular complexity index is 1150. The molecular formula is C20H23N7O3S. The van der Waals surface area contributed by atoms with Crippen molar-refractivity contribution in [1.82, 2.24) is 25.1 Å². The molecule has 3 heterocycles. The zero-order chi connectivity index (χ0) is 21.8. The minimum absolute atomic E-state index is 0.0402. The van der Waals surface area contributed by atoms with Crippen LogP contribution in [-0.2, 0) is 21.4 Å². The topological polar surface area (TPSA) is 136 Å². The van der Waals surface area contributed by atoms with Gasteiger partial charge >= 0.3 is 0 Å². The van der Waals surface area contributed by atoms with Crippen LogP contribution in [0.25, 0.3) is 5.82 Å². The molecule has 0 bridgehead atoms. The minimum atomic E-state index is -3.73. The van der Waals surface area contributed by atoms with Crippen LogP contribution in [0.5, 0.6) is 0 Å². The van der Waals surface area contributed by atoms with Crippen molar-refractivity contribution >= 4 is 21.7 Å². The minimum Gasteiger partial charge on any atom is -0.356 e. The molecule has 3 N–H and O–H groups in total. The standard InChI is InChI=1S/C20H23N7O3S/c21-31(29,30)17-6-4-15(5-7-17)12-22-20(28)16-3-1-9-26(13-16)18-11-19(24-14-23-18)27-10-2-8-25-27/h2,4-8,10-11,14,16H,1,3,9,12-13H2,(H,22,28)(H2,21,29,30)/t16-/m0/s1. The number of aromatic nitrogens is 4. The van der Waals surface area contributed by atoms with E-state index in [0.29, 0.717) is 18.9 Å². The number of piperidine rings is 1. The molecule has 0 saturated carbocycles. The fourth-order valence-electron chi connectivity index (χ4n) is 3.57. The van der Waals surface area contributed by atoms with Crippen LogP contribution in [0.3, 0.4) is 0 Å². The maximum atomic E-state index is 12.7. The maximum absolute atomic E-state index is 12.7. The van der Waals surface area contributed by atoms with Crippen molar-refractivity contribution in [2.24, 2.45) is 11.1 Å². The molecule has 31 heavy (non-hydrogen) atoms. The van der Waals surface area contributed by atoms with Crippen LogP contribution in [0.1, 0.15) is 18.4 Å². The van der Waals surface area contributed by atoms with Gasteiger partial charge in [0.1, 0.15) is 12.1 Å². The molecule has 0 radical (unpaired) electrons. The van der Waals surface area contributed by atoms with Gasteiger partial charge in [0.05, 0.1) is 10.8 Å². The van der Waals surface area contributed by atoms with E-state index in [9.17, 15) is 13.2 Å². The zero-order valence-corrected chi connectivity index (χ0v) is 17.6. The molecule has 10 nitrogen and oxygen atoms in total. The number of sulfonamides is 1. The number of benzene rings is 1. The molecule has 0 unspecified atom stereocenters. The van der Waals surface area contributed by atoms with Crippen molar-refractivity contribution in [3.63, 3.8) is 0 Å². The lowest BCUT2D eigenvalue weighted by Crippen LogP contribution is -2.43. The lowest BCUT2D eigenvalue weighted by Gasteiger charge is -2.32. The second kappa shape index (κ2) is 8.82. The summed E-state index contributed by atoms with van der Waals surface area (Å²) in [5.74, 6) is 1.23. The summed E-state index contributed by atoms with van der Waals surface area (Å²) < 4.78 is 24.4. The monoisotopic (exact) mass is 441 g/mol. The highest BCUT2D eigenvalue weighted by atomic mass is 32.2. The lowest BCUT2D eigenvalue weighted by molar-refractivity contribution is -0.125. The number of nitrogens with two attached hydrogens (primary N) is 1. The summed E-state index contributed by atoms with van der Waals surface area (Å²) in [5.41, 5.74) is 0.799. The molecule has 1 aliphatic rings. The molecule has 162 valence electrons. The van der Waals surface area contributed by atoms with Crippen LogP contribution in [0.15, 0.2) is 60.0 Å². The van der Waals surface area contributed by atoms with E-state index in [4.69, 9.17) is 5.14 Å². The van der Waals surface area contributed by atoms with Gasteiger partial charge in [0.25, 0.3) is 0 Å². The van der Waals surface area contributed by atoms with Crippen LogP contribution in [0.2, 0.25) is 0 Å². The van der Waals surface area contributed by atoms with Crippen molar-refractivity contribution in [3.05, 3.63) is 60.7 Å². The first kappa shape index (κ1) is 20.9. The van der Waals surface area contributed by atoms with Crippen molar-refractivity contribution < 1.29 is 13.2 Å². The van der Waals surface area contributed by atoms with E-state index >= 15 is 0 Å². The summed E-state index contributed by atoms with van der Waals surface area (Å²) in [7, 11) is -3.73. The summed E-state index contributed by atoms with van der Waals surface area (Å²) in [5, 5.41) is 12.2. The SMILES string of the molecule is NS(=O)(=O)c1ccc(CNC(=O)[C@H]2CCCN(c3cc(-n4cccn4)ncn3)C2)cc1. The van der Waals surface area contributed by atoms with E-state index in [2.05, 4.69) is 25.3 Å². The molecule has 1 atom stereocenters. The number of rotatable bonds is 6. The van der Waals surface area contributed by atoms with Gasteiger partial charge in [-0.2, -0.15) is 5.10 Å². The Balaban J connectivity index is 1.37. The Morgan fingerprint density at radius 1 is 1.19 bits per heavy atom. The molecule has 1 aromatic carbocycles. The second-order valence-electron chi connectivity index (χ2n) is 7.38. The summed E-state index contributed by atoms with van der Waals surface area (Å²) in [6.45, 7) is 1.69. The molecule has 11 heteroatoms. The predicted octanol–water partition coefficient (Wildman–Crippen LogP) is 0.842. The van der Waals surface area contributed by atoms with Gasteiger partial charge in [-0.3, -0.25) is 4.79 Å². The number of hydrogen-bond acceptors (Lipinski definition) is 7. The van der Waals surface area contributed by atoms with E-state index in [0.717, 1.165) is 30.8 Å². The molecule has 0 aliphatic carbocycles. The van der Waals surface area contributed by atoms with E-state index < -0.39 is 10.0 Å². The van der Waals surface area contributed by atoms with Crippen LogP contribution in [0.4, 0.5) is 5.82 Å². The first-order chi connectivity index (χ1) is 14.9. The third-order valence-corrected chi connectivity index (χ3v) is 6.14. The Kier molecular flexibility index (Phi) is 5.96. The van der Waals surface area contributed by atoms with E-state index in [1.807, 2.05) is 18.3 Å². The van der Waals surface area contributed by atoms with E-state index in [1.165, 1.54) is 18.5 Å². The fraction of sp³-hybridized carbons (Fsp3) is 0.300. The number of carbonyl (C=O) groups excluding carboxylic acids is 1. The maximum Gasteiger partial charge on any atom is 0.238 e. The average molecular weight is 442 g/mol. The molecule has 1 saturated heterocycles. The third-order valence-electron chi connectivity index (χ3n) is 5.21. The number of hydrogen-bond donors (Lipinski definition) is 2. The summed E-state index contributed by atoms with van der Waals surface area (Å²) >= 11 is 0. The van der Waals surface area contributed by atoms with E-state index in [-0.39, 0.29) is 16.7 Å². The van der Waals surface area contributed by atoms with Gasteiger partial charge in [-0.25, -0.2) is 28.2 Å². The zero-order valence-electron chi connectivity index (χ0n) is 16.8. The van der Waals surface area contributed by atoms with Gasteiger partial charge in [0.15, 0.2) is 5.82 Å². The average Bonchev–Trinajstić information content (AvgIpc) is 3.32. The Hall–Kier alpha value is -3.31. The summed E-state index contributed by atoms with van der Waals surface area (Å²) in [6, 6.07) is 9.85. The smallest absolute Gasteiger partial charge is 0.238 e. The molecule has 3 aromatic rings. The molecule has 2 aromatic heterocycles. The number of carbonyl (C=O) groups is 1. The lowest BCUT2D eigenvalue weighted by atomic mass is 9.97. The molecule has 4 rings (SSSR count). The van der Waals surface area contributed by atoms with Crippen molar-refractivity contribution in [3.8, 4) is 5.82 Å². The number of primary sulfonamides is 1. The van der Waals surface area contributed by atoms with Crippen molar-refractivity contribution in [1.29, 1.82) is 0 Å². The van der Waals surface area contributed by atoms with Gasteiger partial charge in [-0.1, -0.05) is 12.1 Å². The number of amides is 1. The third kappa shape index (κ3) is 5.06. The Labute approximate surface area is 180 Å². The van der Waals surface area contributed by atoms with Gasteiger partial charge in [-0.15, -0.1) is 0 Å². The molecule has 0 spiro atoms. The van der Waals surface area contributed by atoms with Gasteiger partial charge < -0.3 is 10.2 Å². The van der Waals surface area contributed by atoms with Gasteiger partial charge in [0.2, 0.25) is 15.9 Å². The van der Waals surface area contributed by atoms with Gasteiger partial charge in [0, 0.05) is 38.1 Å². The largest absolute Gasteiger partial charge is 0.356 e. The highest BCUT2D eigenvalue weighted by Crippen LogP contribution is 2.23. The fourth-order valence-corrected chi connectivity index (χ4v) is 4.08. The molecule has 1 fully saturated rings. The number of nitrogens with one attached hydrogen (secondary N) is 1. The van der Waals surface area contributed by atoms with Gasteiger partial charge in [-0.05, 0) is 36.6 Å². The van der Waals surface area contributed by atoms with Crippen LogP contribution >= 0.6 is 0 Å². The quantitative estimate of drug-likeness (QED) is 0.578. The van der Waals surface area contributed by atoms with E-state index in [1.54, 1.807) is 23.0 Å². The highest BCUT2D eigenvalue weighted by molar-refractivity contribution is 7.89. The Morgan fingerprint density at radius 3 is 2.68 bits per heavy atom. The second-order valence-corrected chi connectivity index (χ2v) is 8.94. The predicted molar refractivity (Wildman–Crippen MR) is 114 cm³/mol. The van der Waals surface area contributed by atoms with Crippen molar-refractivity contribution in [2.75, 3.05) is 18.0 Å². The highest BCUT2D eigenvalue weighted by Gasteiger charge is 2.26. The molecule has 1 aliphatic heterocycles. The van der Waals surface area contributed by atoms with Crippen LogP contribution < -0.4 is 15.4 Å². The number of nitrogens with zero attached hydrogens (tertiary/aromatic N) is 5. The first-order valence-electron chi connectivity index (χ1n) is 9.86. The Morgan fingerprint density at radius 2 is 1.97 bits per heavy atom.